The maximum absolute atomic E-state index is 12.4. The van der Waals surface area contributed by atoms with E-state index in [-0.39, 0.29) is 24.0 Å². The summed E-state index contributed by atoms with van der Waals surface area (Å²) in [6.07, 6.45) is 0.0387. The van der Waals surface area contributed by atoms with Crippen LogP contribution in [-0.4, -0.2) is 32.3 Å². The monoisotopic (exact) mass is 477 g/mol. The summed E-state index contributed by atoms with van der Waals surface area (Å²) >= 11 is 13.2. The standard InChI is InChI=1S/C21H21Cl2N5O2S/c1-3-28-18(11-19(29)24-14-8-9-15(22)16(23)10-14)26-27-21(28)31-12-20(30)25-17-7-5-4-6-13(17)2/h4-10H,3,11-12H2,1-2H3,(H,24,29)(H,25,30). The first kappa shape index (κ1) is 23.1. The molecule has 0 bridgehead atoms. The number of carbonyl (C=O) groups is 2. The Morgan fingerprint density at radius 1 is 1.03 bits per heavy atom. The lowest BCUT2D eigenvalue weighted by atomic mass is 10.2. The summed E-state index contributed by atoms with van der Waals surface area (Å²) in [5.74, 6) is 0.308. The molecule has 162 valence electrons. The fourth-order valence-electron chi connectivity index (χ4n) is 2.83. The third-order valence-corrected chi connectivity index (χ3v) is 6.09. The first-order valence-corrected chi connectivity index (χ1v) is 11.3. The maximum Gasteiger partial charge on any atom is 0.234 e. The number of halogens is 2. The van der Waals surface area contributed by atoms with Crippen molar-refractivity contribution in [2.45, 2.75) is 32.0 Å². The van der Waals surface area contributed by atoms with E-state index < -0.39 is 0 Å². The van der Waals surface area contributed by atoms with Crippen LogP contribution in [0.4, 0.5) is 11.4 Å². The molecule has 0 aliphatic rings. The van der Waals surface area contributed by atoms with Crippen LogP contribution in [0.1, 0.15) is 18.3 Å². The summed E-state index contributed by atoms with van der Waals surface area (Å²) in [5, 5.41) is 15.3. The fraction of sp³-hybridized carbons (Fsp3) is 0.238. The van der Waals surface area contributed by atoms with Crippen molar-refractivity contribution < 1.29 is 9.59 Å². The van der Waals surface area contributed by atoms with Crippen molar-refractivity contribution in [3.8, 4) is 0 Å². The average Bonchev–Trinajstić information content (AvgIpc) is 3.12. The topological polar surface area (TPSA) is 88.9 Å². The Balaban J connectivity index is 1.59. The van der Waals surface area contributed by atoms with Crippen molar-refractivity contribution in [2.24, 2.45) is 0 Å². The van der Waals surface area contributed by atoms with Crippen molar-refractivity contribution in [2.75, 3.05) is 16.4 Å². The molecule has 3 rings (SSSR count). The molecule has 3 aromatic rings. The van der Waals surface area contributed by atoms with Gasteiger partial charge in [-0.05, 0) is 43.7 Å². The summed E-state index contributed by atoms with van der Waals surface area (Å²) in [5.41, 5.74) is 2.32. The van der Waals surface area contributed by atoms with E-state index in [9.17, 15) is 9.59 Å². The number of nitrogens with zero attached hydrogens (tertiary/aromatic N) is 3. The molecular formula is C21H21Cl2N5O2S. The molecule has 2 amide bonds. The lowest BCUT2D eigenvalue weighted by Gasteiger charge is -2.09. The van der Waals surface area contributed by atoms with E-state index in [1.54, 1.807) is 18.2 Å². The molecule has 0 radical (unpaired) electrons. The fourth-order valence-corrected chi connectivity index (χ4v) is 3.95. The minimum absolute atomic E-state index is 0.0387. The minimum atomic E-state index is -0.255. The van der Waals surface area contributed by atoms with E-state index in [2.05, 4.69) is 20.8 Å². The van der Waals surface area contributed by atoms with Gasteiger partial charge in [0.25, 0.3) is 0 Å². The molecule has 0 unspecified atom stereocenters. The number of nitrogens with one attached hydrogen (secondary N) is 2. The molecule has 0 aliphatic heterocycles. The van der Waals surface area contributed by atoms with E-state index in [4.69, 9.17) is 23.2 Å². The summed E-state index contributed by atoms with van der Waals surface area (Å²) in [4.78, 5) is 24.7. The lowest BCUT2D eigenvalue weighted by molar-refractivity contribution is -0.116. The quantitative estimate of drug-likeness (QED) is 0.453. The van der Waals surface area contributed by atoms with E-state index in [1.807, 2.05) is 42.7 Å². The number of aromatic nitrogens is 3. The molecule has 0 aliphatic carbocycles. The Hall–Kier alpha value is -2.55. The number of para-hydroxylation sites is 1. The second-order valence-corrected chi connectivity index (χ2v) is 8.41. The van der Waals surface area contributed by atoms with Crippen LogP contribution >= 0.6 is 35.0 Å². The van der Waals surface area contributed by atoms with Gasteiger partial charge < -0.3 is 15.2 Å². The SMILES string of the molecule is CCn1c(CC(=O)Nc2ccc(Cl)c(Cl)c2)nnc1SCC(=O)Nc1ccccc1C. The van der Waals surface area contributed by atoms with Gasteiger partial charge in [-0.2, -0.15) is 0 Å². The summed E-state index contributed by atoms with van der Waals surface area (Å²) in [7, 11) is 0. The zero-order chi connectivity index (χ0) is 22.4. The number of rotatable bonds is 8. The molecule has 2 N–H and O–H groups in total. The Morgan fingerprint density at radius 2 is 1.81 bits per heavy atom. The van der Waals surface area contributed by atoms with E-state index >= 15 is 0 Å². The first-order chi connectivity index (χ1) is 14.9. The molecule has 31 heavy (non-hydrogen) atoms. The number of carbonyl (C=O) groups excluding carboxylic acids is 2. The van der Waals surface area contributed by atoms with E-state index in [1.165, 1.54) is 11.8 Å². The largest absolute Gasteiger partial charge is 0.326 e. The average molecular weight is 478 g/mol. The Morgan fingerprint density at radius 3 is 2.52 bits per heavy atom. The summed E-state index contributed by atoms with van der Waals surface area (Å²) in [6.45, 7) is 4.44. The molecule has 7 nitrogen and oxygen atoms in total. The van der Waals surface area contributed by atoms with Crippen LogP contribution in [0.2, 0.25) is 10.0 Å². The molecule has 0 spiro atoms. The van der Waals surface area contributed by atoms with Crippen LogP contribution < -0.4 is 10.6 Å². The number of aryl methyl sites for hydroxylation is 1. The Labute approximate surface area is 194 Å². The van der Waals surface area contributed by atoms with Crippen LogP contribution in [0.5, 0.6) is 0 Å². The third kappa shape index (κ3) is 6.22. The van der Waals surface area contributed by atoms with Gasteiger partial charge in [0.05, 0.1) is 22.2 Å². The van der Waals surface area contributed by atoms with Gasteiger partial charge in [0, 0.05) is 17.9 Å². The number of thioether (sulfide) groups is 1. The van der Waals surface area contributed by atoms with Crippen LogP contribution in [0.3, 0.4) is 0 Å². The number of hydrogen-bond acceptors (Lipinski definition) is 5. The van der Waals surface area contributed by atoms with Crippen molar-refractivity contribution in [3.63, 3.8) is 0 Å². The van der Waals surface area contributed by atoms with Crippen LogP contribution in [-0.2, 0) is 22.6 Å². The van der Waals surface area contributed by atoms with Gasteiger partial charge in [-0.3, -0.25) is 9.59 Å². The zero-order valence-electron chi connectivity index (χ0n) is 17.0. The molecule has 10 heteroatoms. The zero-order valence-corrected chi connectivity index (χ0v) is 19.3. The number of benzene rings is 2. The van der Waals surface area contributed by atoms with Crippen LogP contribution in [0, 0.1) is 6.92 Å². The molecule has 0 fully saturated rings. The Kier molecular flexibility index (Phi) is 7.95. The van der Waals surface area contributed by atoms with Gasteiger partial charge >= 0.3 is 0 Å². The second kappa shape index (κ2) is 10.7. The summed E-state index contributed by atoms with van der Waals surface area (Å²) in [6, 6.07) is 12.5. The van der Waals surface area contributed by atoms with Gasteiger partial charge in [-0.1, -0.05) is 53.2 Å². The van der Waals surface area contributed by atoms with Crippen LogP contribution in [0.15, 0.2) is 47.6 Å². The second-order valence-electron chi connectivity index (χ2n) is 6.65. The highest BCUT2D eigenvalue weighted by molar-refractivity contribution is 7.99. The molecule has 0 saturated carbocycles. The number of anilines is 2. The minimum Gasteiger partial charge on any atom is -0.326 e. The highest BCUT2D eigenvalue weighted by atomic mass is 35.5. The smallest absolute Gasteiger partial charge is 0.234 e. The predicted molar refractivity (Wildman–Crippen MR) is 125 cm³/mol. The molecular weight excluding hydrogens is 457 g/mol. The van der Waals surface area contributed by atoms with E-state index in [0.717, 1.165) is 11.3 Å². The maximum atomic E-state index is 12.4. The van der Waals surface area contributed by atoms with E-state index in [0.29, 0.717) is 33.3 Å². The van der Waals surface area contributed by atoms with Crippen LogP contribution in [0.25, 0.3) is 0 Å². The van der Waals surface area contributed by atoms with Gasteiger partial charge in [-0.15, -0.1) is 10.2 Å². The molecule has 0 saturated heterocycles. The van der Waals surface area contributed by atoms with Gasteiger partial charge in [0.1, 0.15) is 5.82 Å². The normalized spacial score (nSPS) is 10.7. The highest BCUT2D eigenvalue weighted by Crippen LogP contribution is 2.25. The van der Waals surface area contributed by atoms with Gasteiger partial charge in [0.2, 0.25) is 11.8 Å². The third-order valence-electron chi connectivity index (χ3n) is 4.38. The van der Waals surface area contributed by atoms with Crippen molar-refractivity contribution >= 4 is 58.2 Å². The Bertz CT molecular complexity index is 1100. The van der Waals surface area contributed by atoms with Gasteiger partial charge in [0.15, 0.2) is 5.16 Å². The van der Waals surface area contributed by atoms with Crippen molar-refractivity contribution in [1.82, 2.24) is 14.8 Å². The molecule has 1 heterocycles. The van der Waals surface area contributed by atoms with Crippen molar-refractivity contribution in [3.05, 3.63) is 63.9 Å². The number of hydrogen-bond donors (Lipinski definition) is 2. The number of amides is 2. The molecule has 0 atom stereocenters. The van der Waals surface area contributed by atoms with Crippen molar-refractivity contribution in [1.29, 1.82) is 0 Å². The predicted octanol–water partition coefficient (Wildman–Crippen LogP) is 4.83. The molecule has 2 aromatic carbocycles. The molecule has 1 aromatic heterocycles. The van der Waals surface area contributed by atoms with Gasteiger partial charge in [-0.25, -0.2) is 0 Å². The summed E-state index contributed by atoms with van der Waals surface area (Å²) < 4.78 is 1.82. The lowest BCUT2D eigenvalue weighted by Crippen LogP contribution is -2.18. The highest BCUT2D eigenvalue weighted by Gasteiger charge is 2.16. The first-order valence-electron chi connectivity index (χ1n) is 9.52.